The predicted octanol–water partition coefficient (Wildman–Crippen LogP) is 4.79. The third-order valence-corrected chi connectivity index (χ3v) is 3.30. The minimum Gasteiger partial charge on any atom is -0.507 e. The van der Waals surface area contributed by atoms with Gasteiger partial charge in [0.05, 0.1) is 0 Å². The van der Waals surface area contributed by atoms with Crippen LogP contribution in [0.3, 0.4) is 0 Å². The van der Waals surface area contributed by atoms with Crippen LogP contribution in [0.1, 0.15) is 50.7 Å². The summed E-state index contributed by atoms with van der Waals surface area (Å²) in [6, 6.07) is 10.0. The predicted molar refractivity (Wildman–Crippen MR) is 73.8 cm³/mol. The van der Waals surface area contributed by atoms with E-state index < -0.39 is 0 Å². The average molecular weight is 228 g/mol. The molecular formula is C16H20O. The van der Waals surface area contributed by atoms with Crippen molar-refractivity contribution in [3.8, 4) is 5.75 Å². The molecule has 2 rings (SSSR count). The Kier molecular flexibility index (Phi) is 3.10. The highest BCUT2D eigenvalue weighted by Gasteiger charge is 2.15. The first kappa shape index (κ1) is 12.0. The molecule has 0 saturated heterocycles. The van der Waals surface area contributed by atoms with Crippen molar-refractivity contribution < 1.29 is 5.11 Å². The molecule has 1 nitrogen and oxygen atoms in total. The van der Waals surface area contributed by atoms with Crippen LogP contribution in [0.25, 0.3) is 10.8 Å². The van der Waals surface area contributed by atoms with Crippen LogP contribution in [-0.2, 0) is 0 Å². The van der Waals surface area contributed by atoms with Crippen LogP contribution in [0.4, 0.5) is 0 Å². The van der Waals surface area contributed by atoms with Gasteiger partial charge in [-0.2, -0.15) is 0 Å². The standard InChI is InChI=1S/C16H20O/c1-10(2)14-9-15(17)12-7-5-6-8-13(12)16(14)11(3)4/h5-11,17H,1-4H3. The molecular weight excluding hydrogens is 208 g/mol. The second-order valence-electron chi connectivity index (χ2n) is 5.25. The van der Waals surface area contributed by atoms with Gasteiger partial charge in [0.15, 0.2) is 0 Å². The van der Waals surface area contributed by atoms with Crippen LogP contribution in [0.5, 0.6) is 5.75 Å². The highest BCUT2D eigenvalue weighted by molar-refractivity contribution is 5.92. The Morgan fingerprint density at radius 3 is 2.00 bits per heavy atom. The molecule has 0 fully saturated rings. The zero-order chi connectivity index (χ0) is 12.6. The molecule has 0 heterocycles. The summed E-state index contributed by atoms with van der Waals surface area (Å²) in [7, 11) is 0. The van der Waals surface area contributed by atoms with E-state index >= 15 is 0 Å². The Labute approximate surface area is 103 Å². The Morgan fingerprint density at radius 1 is 0.882 bits per heavy atom. The maximum Gasteiger partial charge on any atom is 0.123 e. The molecule has 0 amide bonds. The second-order valence-corrected chi connectivity index (χ2v) is 5.25. The minimum atomic E-state index is 0.397. The van der Waals surface area contributed by atoms with Gasteiger partial charge < -0.3 is 5.11 Å². The van der Waals surface area contributed by atoms with Crippen LogP contribution in [0.15, 0.2) is 30.3 Å². The maximum atomic E-state index is 10.1. The zero-order valence-electron chi connectivity index (χ0n) is 11.0. The van der Waals surface area contributed by atoms with E-state index in [4.69, 9.17) is 0 Å². The van der Waals surface area contributed by atoms with Gasteiger partial charge in [-0.1, -0.05) is 52.0 Å². The minimum absolute atomic E-state index is 0.397. The highest BCUT2D eigenvalue weighted by Crippen LogP contribution is 2.37. The van der Waals surface area contributed by atoms with Gasteiger partial charge in [-0.3, -0.25) is 0 Å². The Hall–Kier alpha value is -1.50. The highest BCUT2D eigenvalue weighted by atomic mass is 16.3. The normalized spacial score (nSPS) is 11.6. The van der Waals surface area contributed by atoms with E-state index in [2.05, 4.69) is 33.8 Å². The van der Waals surface area contributed by atoms with Crippen LogP contribution in [0.2, 0.25) is 0 Å². The molecule has 0 spiro atoms. The van der Waals surface area contributed by atoms with Crippen molar-refractivity contribution in [3.05, 3.63) is 41.5 Å². The number of rotatable bonds is 2. The first-order valence-corrected chi connectivity index (χ1v) is 6.27. The zero-order valence-corrected chi connectivity index (χ0v) is 11.0. The first-order valence-electron chi connectivity index (χ1n) is 6.27. The van der Waals surface area contributed by atoms with Crippen LogP contribution in [-0.4, -0.2) is 5.11 Å². The fourth-order valence-corrected chi connectivity index (χ4v) is 2.52. The molecule has 0 unspecified atom stereocenters. The molecule has 2 aromatic carbocycles. The molecule has 0 atom stereocenters. The van der Waals surface area contributed by atoms with Gasteiger partial charge in [0.1, 0.15) is 5.75 Å². The number of phenolic OH excluding ortho intramolecular Hbond substituents is 1. The summed E-state index contributed by atoms with van der Waals surface area (Å²) >= 11 is 0. The largest absolute Gasteiger partial charge is 0.507 e. The van der Waals surface area contributed by atoms with E-state index in [1.807, 2.05) is 24.3 Å². The third-order valence-electron chi connectivity index (χ3n) is 3.30. The molecule has 2 aromatic rings. The van der Waals surface area contributed by atoms with Gasteiger partial charge in [-0.15, -0.1) is 0 Å². The lowest BCUT2D eigenvalue weighted by molar-refractivity contribution is 0.480. The molecule has 0 aliphatic heterocycles. The van der Waals surface area contributed by atoms with Crippen LogP contribution >= 0.6 is 0 Å². The maximum absolute atomic E-state index is 10.1. The number of hydrogen-bond acceptors (Lipinski definition) is 1. The van der Waals surface area contributed by atoms with Gasteiger partial charge in [0, 0.05) is 5.39 Å². The van der Waals surface area contributed by atoms with Crippen molar-refractivity contribution in [2.45, 2.75) is 39.5 Å². The van der Waals surface area contributed by atoms with Crippen molar-refractivity contribution in [1.29, 1.82) is 0 Å². The van der Waals surface area contributed by atoms with E-state index in [1.165, 1.54) is 16.5 Å². The van der Waals surface area contributed by atoms with E-state index in [9.17, 15) is 5.11 Å². The van der Waals surface area contributed by atoms with Gasteiger partial charge in [-0.05, 0) is 34.4 Å². The summed E-state index contributed by atoms with van der Waals surface area (Å²) in [5, 5.41) is 12.3. The number of hydrogen-bond donors (Lipinski definition) is 1. The molecule has 0 aromatic heterocycles. The lowest BCUT2D eigenvalue weighted by Gasteiger charge is -2.19. The number of fused-ring (bicyclic) bond motifs is 1. The monoisotopic (exact) mass is 228 g/mol. The molecule has 0 aliphatic carbocycles. The van der Waals surface area contributed by atoms with E-state index in [1.54, 1.807) is 0 Å². The molecule has 0 bridgehead atoms. The Bertz CT molecular complexity index is 538. The number of benzene rings is 2. The molecule has 0 radical (unpaired) electrons. The van der Waals surface area contributed by atoms with Gasteiger partial charge in [0.2, 0.25) is 0 Å². The average Bonchev–Trinajstić information content (AvgIpc) is 2.28. The molecule has 0 aliphatic rings. The molecule has 0 saturated carbocycles. The topological polar surface area (TPSA) is 20.2 Å². The summed E-state index contributed by atoms with van der Waals surface area (Å²) in [6.07, 6.45) is 0. The van der Waals surface area contributed by atoms with Gasteiger partial charge >= 0.3 is 0 Å². The molecule has 17 heavy (non-hydrogen) atoms. The second kappa shape index (κ2) is 4.40. The van der Waals surface area contributed by atoms with E-state index in [-0.39, 0.29) is 0 Å². The van der Waals surface area contributed by atoms with Crippen molar-refractivity contribution >= 4 is 10.8 Å². The molecule has 90 valence electrons. The molecule has 1 N–H and O–H groups in total. The summed E-state index contributed by atoms with van der Waals surface area (Å²) in [4.78, 5) is 0. The van der Waals surface area contributed by atoms with Crippen molar-refractivity contribution in [3.63, 3.8) is 0 Å². The Balaban J connectivity index is 2.88. The smallest absolute Gasteiger partial charge is 0.123 e. The lowest BCUT2D eigenvalue weighted by atomic mass is 9.86. The third kappa shape index (κ3) is 2.02. The van der Waals surface area contributed by atoms with E-state index in [0.29, 0.717) is 17.6 Å². The van der Waals surface area contributed by atoms with Crippen LogP contribution in [0, 0.1) is 0 Å². The number of phenols is 1. The lowest BCUT2D eigenvalue weighted by Crippen LogP contribution is -2.00. The summed E-state index contributed by atoms with van der Waals surface area (Å²) in [5.41, 5.74) is 2.63. The SMILES string of the molecule is CC(C)c1cc(O)c2ccccc2c1C(C)C. The van der Waals surface area contributed by atoms with E-state index in [0.717, 1.165) is 5.39 Å². The van der Waals surface area contributed by atoms with Crippen molar-refractivity contribution in [2.75, 3.05) is 0 Å². The fraction of sp³-hybridized carbons (Fsp3) is 0.375. The van der Waals surface area contributed by atoms with Gasteiger partial charge in [-0.25, -0.2) is 0 Å². The molecule has 1 heteroatoms. The fourth-order valence-electron chi connectivity index (χ4n) is 2.52. The van der Waals surface area contributed by atoms with Gasteiger partial charge in [0.25, 0.3) is 0 Å². The quantitative estimate of drug-likeness (QED) is 0.783. The van der Waals surface area contributed by atoms with Crippen LogP contribution < -0.4 is 0 Å². The number of aromatic hydroxyl groups is 1. The summed E-state index contributed by atoms with van der Waals surface area (Å²) in [6.45, 7) is 8.78. The first-order chi connectivity index (χ1) is 8.02. The summed E-state index contributed by atoms with van der Waals surface area (Å²) < 4.78 is 0. The van der Waals surface area contributed by atoms with Crippen molar-refractivity contribution in [1.82, 2.24) is 0 Å². The Morgan fingerprint density at radius 2 is 1.47 bits per heavy atom. The summed E-state index contributed by atoms with van der Waals surface area (Å²) in [5.74, 6) is 1.30. The van der Waals surface area contributed by atoms with Crippen molar-refractivity contribution in [2.24, 2.45) is 0 Å².